The Morgan fingerprint density at radius 1 is 1.38 bits per heavy atom. The highest BCUT2D eigenvalue weighted by atomic mass is 16.3. The summed E-state index contributed by atoms with van der Waals surface area (Å²) in [5.41, 5.74) is 1.90. The summed E-state index contributed by atoms with van der Waals surface area (Å²) >= 11 is 0. The van der Waals surface area contributed by atoms with Crippen molar-refractivity contribution in [2.45, 2.75) is 25.8 Å². The van der Waals surface area contributed by atoms with Crippen LogP contribution >= 0.6 is 0 Å². The number of nitrogens with zero attached hydrogens (tertiary/aromatic N) is 3. The highest BCUT2D eigenvalue weighted by molar-refractivity contribution is 5.83. The second-order valence-corrected chi connectivity index (χ2v) is 5.77. The summed E-state index contributed by atoms with van der Waals surface area (Å²) in [5.74, 6) is 0.480. The van der Waals surface area contributed by atoms with Gasteiger partial charge in [-0.3, -0.25) is 4.79 Å². The van der Waals surface area contributed by atoms with Crippen molar-refractivity contribution >= 4 is 16.9 Å². The predicted molar refractivity (Wildman–Crippen MR) is 80.8 cm³/mol. The van der Waals surface area contributed by atoms with Crippen LogP contribution in [0.15, 0.2) is 30.6 Å². The highest BCUT2D eigenvalue weighted by Crippen LogP contribution is 2.22. The number of fused-ring (bicyclic) bond motifs is 1. The first kappa shape index (κ1) is 14.1. The van der Waals surface area contributed by atoms with Gasteiger partial charge in [0.05, 0.1) is 17.4 Å². The molecule has 0 spiro atoms. The molecule has 1 aliphatic rings. The molecule has 1 aliphatic heterocycles. The van der Waals surface area contributed by atoms with E-state index >= 15 is 0 Å². The van der Waals surface area contributed by atoms with Crippen molar-refractivity contribution in [3.05, 3.63) is 30.6 Å². The van der Waals surface area contributed by atoms with E-state index in [0.717, 1.165) is 37.0 Å². The van der Waals surface area contributed by atoms with Gasteiger partial charge < -0.3 is 14.6 Å². The number of imidazole rings is 1. The molecule has 2 aromatic rings. The molecular formula is C16H21N3O2. The molecule has 0 radical (unpaired) electrons. The normalized spacial score (nSPS) is 18.1. The number of rotatable bonds is 3. The summed E-state index contributed by atoms with van der Waals surface area (Å²) in [4.78, 5) is 18.9. The molecule has 5 nitrogen and oxygen atoms in total. The molecule has 1 atom stereocenters. The number of likely N-dealkylation sites (tertiary alicyclic amines) is 1. The molecule has 1 amide bonds. The minimum atomic E-state index is -0.247. The Balaban J connectivity index is 1.76. The summed E-state index contributed by atoms with van der Waals surface area (Å²) in [6.07, 6.45) is 3.52. The molecule has 1 N–H and O–H groups in total. The first-order valence-electron chi connectivity index (χ1n) is 7.52. The van der Waals surface area contributed by atoms with Crippen LogP contribution in [0.5, 0.6) is 0 Å². The highest BCUT2D eigenvalue weighted by Gasteiger charge is 2.27. The second kappa shape index (κ2) is 5.85. The molecule has 1 aromatic carbocycles. The molecule has 1 saturated heterocycles. The van der Waals surface area contributed by atoms with Gasteiger partial charge in [-0.05, 0) is 37.8 Å². The fourth-order valence-corrected chi connectivity index (χ4v) is 3.01. The third-order valence-corrected chi connectivity index (χ3v) is 4.44. The molecule has 1 aromatic heterocycles. The van der Waals surface area contributed by atoms with E-state index in [9.17, 15) is 9.90 Å². The van der Waals surface area contributed by atoms with Crippen LogP contribution in [-0.2, 0) is 4.79 Å². The zero-order valence-corrected chi connectivity index (χ0v) is 12.3. The topological polar surface area (TPSA) is 58.4 Å². The number of amides is 1. The summed E-state index contributed by atoms with van der Waals surface area (Å²) in [6.45, 7) is 3.63. The molecule has 2 heterocycles. The second-order valence-electron chi connectivity index (χ2n) is 5.77. The van der Waals surface area contributed by atoms with Gasteiger partial charge in [-0.1, -0.05) is 12.1 Å². The van der Waals surface area contributed by atoms with Crippen LogP contribution in [-0.4, -0.2) is 45.2 Å². The number of piperidine rings is 1. The molecule has 1 unspecified atom stereocenters. The monoisotopic (exact) mass is 287 g/mol. The lowest BCUT2D eigenvalue weighted by Gasteiger charge is -2.33. The number of hydrogen-bond acceptors (Lipinski definition) is 3. The summed E-state index contributed by atoms with van der Waals surface area (Å²) < 4.78 is 1.94. The Kier molecular flexibility index (Phi) is 3.92. The quantitative estimate of drug-likeness (QED) is 0.937. The molecule has 112 valence electrons. The van der Waals surface area contributed by atoms with Gasteiger partial charge in [0.1, 0.15) is 6.04 Å². The number of benzene rings is 1. The fourth-order valence-electron chi connectivity index (χ4n) is 3.01. The Morgan fingerprint density at radius 3 is 2.81 bits per heavy atom. The van der Waals surface area contributed by atoms with Gasteiger partial charge in [-0.15, -0.1) is 0 Å². The molecule has 5 heteroatoms. The van der Waals surface area contributed by atoms with Gasteiger partial charge in [0.2, 0.25) is 5.91 Å². The molecule has 3 rings (SSSR count). The molecule has 0 aliphatic carbocycles. The molecule has 21 heavy (non-hydrogen) atoms. The minimum absolute atomic E-state index is 0.134. The van der Waals surface area contributed by atoms with Crippen molar-refractivity contribution in [1.82, 2.24) is 14.5 Å². The van der Waals surface area contributed by atoms with E-state index in [0.29, 0.717) is 5.92 Å². The van der Waals surface area contributed by atoms with Gasteiger partial charge in [0, 0.05) is 19.7 Å². The van der Waals surface area contributed by atoms with Crippen molar-refractivity contribution in [3.8, 4) is 0 Å². The van der Waals surface area contributed by atoms with E-state index in [1.165, 1.54) is 0 Å². The number of aliphatic hydroxyl groups is 1. The number of hydrogen-bond donors (Lipinski definition) is 1. The van der Waals surface area contributed by atoms with Gasteiger partial charge in [0.15, 0.2) is 0 Å². The van der Waals surface area contributed by atoms with Crippen molar-refractivity contribution in [2.75, 3.05) is 19.7 Å². The SMILES string of the molecule is CC(C(=O)N1CCC(CO)CC1)n1cnc2ccccc21. The summed E-state index contributed by atoms with van der Waals surface area (Å²) in [6, 6.07) is 7.61. The smallest absolute Gasteiger partial charge is 0.245 e. The predicted octanol–water partition coefficient (Wildman–Crippen LogP) is 1.83. The Labute approximate surface area is 124 Å². The average molecular weight is 287 g/mol. The van der Waals surface area contributed by atoms with Crippen molar-refractivity contribution in [2.24, 2.45) is 5.92 Å². The average Bonchev–Trinajstić information content (AvgIpc) is 2.97. The number of carbonyl (C=O) groups is 1. The lowest BCUT2D eigenvalue weighted by atomic mass is 9.97. The van der Waals surface area contributed by atoms with Crippen LogP contribution in [0.1, 0.15) is 25.8 Å². The van der Waals surface area contributed by atoms with Crippen LogP contribution in [0.25, 0.3) is 11.0 Å². The van der Waals surface area contributed by atoms with Gasteiger partial charge in [-0.25, -0.2) is 4.98 Å². The summed E-state index contributed by atoms with van der Waals surface area (Å²) in [5, 5.41) is 9.18. The van der Waals surface area contributed by atoms with E-state index in [-0.39, 0.29) is 18.6 Å². The van der Waals surface area contributed by atoms with E-state index < -0.39 is 0 Å². The largest absolute Gasteiger partial charge is 0.396 e. The van der Waals surface area contributed by atoms with Crippen LogP contribution in [0.4, 0.5) is 0 Å². The van der Waals surface area contributed by atoms with Crippen molar-refractivity contribution in [1.29, 1.82) is 0 Å². The Morgan fingerprint density at radius 2 is 2.10 bits per heavy atom. The fraction of sp³-hybridized carbons (Fsp3) is 0.500. The summed E-state index contributed by atoms with van der Waals surface area (Å²) in [7, 11) is 0. The Hall–Kier alpha value is -1.88. The van der Waals surface area contributed by atoms with Crippen LogP contribution in [0.3, 0.4) is 0 Å². The van der Waals surface area contributed by atoms with Crippen LogP contribution in [0.2, 0.25) is 0 Å². The third-order valence-electron chi connectivity index (χ3n) is 4.44. The van der Waals surface area contributed by atoms with Crippen LogP contribution in [0, 0.1) is 5.92 Å². The van der Waals surface area contributed by atoms with Crippen molar-refractivity contribution in [3.63, 3.8) is 0 Å². The lowest BCUT2D eigenvalue weighted by molar-refractivity contribution is -0.135. The van der Waals surface area contributed by atoms with Gasteiger partial charge in [0.25, 0.3) is 0 Å². The van der Waals surface area contributed by atoms with E-state index in [1.54, 1.807) is 6.33 Å². The molecular weight excluding hydrogens is 266 g/mol. The molecule has 0 saturated carbocycles. The Bertz CT molecular complexity index is 629. The first-order valence-corrected chi connectivity index (χ1v) is 7.52. The third kappa shape index (κ3) is 2.65. The van der Waals surface area contributed by atoms with E-state index in [4.69, 9.17) is 0 Å². The molecule has 0 bridgehead atoms. The number of aliphatic hydroxyl groups excluding tert-OH is 1. The van der Waals surface area contributed by atoms with Crippen molar-refractivity contribution < 1.29 is 9.90 Å². The van der Waals surface area contributed by atoms with E-state index in [2.05, 4.69) is 4.98 Å². The maximum Gasteiger partial charge on any atom is 0.245 e. The molecule has 1 fully saturated rings. The number of para-hydroxylation sites is 2. The zero-order chi connectivity index (χ0) is 14.8. The standard InChI is InChI=1S/C16H21N3O2/c1-12(16(21)18-8-6-13(10-20)7-9-18)19-11-17-14-4-2-3-5-15(14)19/h2-5,11-13,20H,6-10H2,1H3. The minimum Gasteiger partial charge on any atom is -0.396 e. The van der Waals surface area contributed by atoms with Crippen LogP contribution < -0.4 is 0 Å². The van der Waals surface area contributed by atoms with Gasteiger partial charge >= 0.3 is 0 Å². The number of carbonyl (C=O) groups excluding carboxylic acids is 1. The lowest BCUT2D eigenvalue weighted by Crippen LogP contribution is -2.42. The number of aromatic nitrogens is 2. The first-order chi connectivity index (χ1) is 10.2. The van der Waals surface area contributed by atoms with E-state index in [1.807, 2.05) is 40.7 Å². The zero-order valence-electron chi connectivity index (χ0n) is 12.3. The maximum absolute atomic E-state index is 12.6. The van der Waals surface area contributed by atoms with Gasteiger partial charge in [-0.2, -0.15) is 0 Å². The maximum atomic E-state index is 12.6.